The molecule has 0 spiro atoms. The Kier molecular flexibility index (Phi) is 8.66. The quantitative estimate of drug-likeness (QED) is 0.278. The smallest absolute Gasteiger partial charge is 0.272 e. The van der Waals surface area contributed by atoms with Crippen LogP contribution in [-0.4, -0.2) is 42.1 Å². The number of ether oxygens (including phenoxy) is 1. The Morgan fingerprint density at radius 3 is 2.43 bits per heavy atom. The van der Waals surface area contributed by atoms with Crippen molar-refractivity contribution in [1.29, 1.82) is 0 Å². The van der Waals surface area contributed by atoms with Crippen molar-refractivity contribution in [2.75, 3.05) is 13.1 Å². The van der Waals surface area contributed by atoms with Gasteiger partial charge < -0.3 is 10.1 Å². The molecule has 0 saturated heterocycles. The third kappa shape index (κ3) is 6.15. The van der Waals surface area contributed by atoms with Gasteiger partial charge in [0.15, 0.2) is 5.69 Å². The van der Waals surface area contributed by atoms with E-state index in [0.29, 0.717) is 24.2 Å². The van der Waals surface area contributed by atoms with Crippen molar-refractivity contribution in [1.82, 2.24) is 19.8 Å². The number of aromatic nitrogens is 2. The topological polar surface area (TPSA) is 145 Å². The Bertz CT molecular complexity index is 1430. The molecule has 2 N–H and O–H groups in total. The van der Waals surface area contributed by atoms with Gasteiger partial charge in [0.05, 0.1) is 10.6 Å². The van der Waals surface area contributed by atoms with E-state index in [0.717, 1.165) is 29.7 Å². The van der Waals surface area contributed by atoms with Crippen LogP contribution < -0.4 is 14.8 Å². The number of rotatable bonds is 11. The Morgan fingerprint density at radius 1 is 1.08 bits per heavy atom. The van der Waals surface area contributed by atoms with Gasteiger partial charge in [-0.3, -0.25) is 14.9 Å². The fraction of sp³-hybridized carbons (Fsp3) is 0.360. The second-order valence-electron chi connectivity index (χ2n) is 8.62. The highest BCUT2D eigenvalue weighted by atomic mass is 32.2. The number of carbonyl (C=O) groups is 1. The van der Waals surface area contributed by atoms with E-state index in [4.69, 9.17) is 4.74 Å². The Hall–Kier alpha value is -3.77. The van der Waals surface area contributed by atoms with Crippen LogP contribution in [0.15, 0.2) is 41.3 Å². The number of nitrogens with zero attached hydrogens (tertiary/aromatic N) is 3. The molecule has 11 nitrogen and oxygen atoms in total. The lowest BCUT2D eigenvalue weighted by molar-refractivity contribution is -0.385. The van der Waals surface area contributed by atoms with Gasteiger partial charge in [-0.25, -0.2) is 13.1 Å². The largest absolute Gasteiger partial charge is 0.437 e. The first-order chi connectivity index (χ1) is 17.5. The molecule has 1 aromatic heterocycles. The molecule has 0 bridgehead atoms. The number of sulfonamides is 1. The summed E-state index contributed by atoms with van der Waals surface area (Å²) < 4.78 is 36.1. The van der Waals surface area contributed by atoms with Gasteiger partial charge in [-0.2, -0.15) is 9.78 Å². The summed E-state index contributed by atoms with van der Waals surface area (Å²) in [5.74, 6) is -0.408. The lowest BCUT2D eigenvalue weighted by Crippen LogP contribution is -2.25. The highest BCUT2D eigenvalue weighted by molar-refractivity contribution is 7.89. The maximum absolute atomic E-state index is 13.0. The van der Waals surface area contributed by atoms with Crippen LogP contribution in [0.4, 0.5) is 5.69 Å². The monoisotopic (exact) mass is 529 g/mol. The lowest BCUT2D eigenvalue weighted by atomic mass is 10.1. The minimum Gasteiger partial charge on any atom is -0.437 e. The van der Waals surface area contributed by atoms with E-state index in [1.165, 1.54) is 10.7 Å². The Morgan fingerprint density at radius 2 is 1.78 bits per heavy atom. The molecule has 3 aromatic rings. The first kappa shape index (κ1) is 27.8. The fourth-order valence-corrected chi connectivity index (χ4v) is 4.85. The number of non-ortho nitro benzene ring substituents is 1. The summed E-state index contributed by atoms with van der Waals surface area (Å²) in [5.41, 5.74) is 2.54. The minimum absolute atomic E-state index is 0.121. The van der Waals surface area contributed by atoms with Gasteiger partial charge in [0.1, 0.15) is 10.6 Å². The average molecular weight is 530 g/mol. The number of hydrogen-bond acceptors (Lipinski definition) is 7. The van der Waals surface area contributed by atoms with Crippen molar-refractivity contribution in [2.24, 2.45) is 0 Å². The summed E-state index contributed by atoms with van der Waals surface area (Å²) in [7, 11) is -4.14. The summed E-state index contributed by atoms with van der Waals surface area (Å²) in [6, 6.07) is 9.06. The Labute approximate surface area is 216 Å². The number of aryl methyl sites for hydroxylation is 2. The number of nitrogens with one attached hydrogen (secondary N) is 2. The lowest BCUT2D eigenvalue weighted by Gasteiger charge is -2.15. The van der Waals surface area contributed by atoms with Crippen LogP contribution >= 0.6 is 0 Å². The van der Waals surface area contributed by atoms with Crippen LogP contribution in [0.2, 0.25) is 0 Å². The molecule has 37 heavy (non-hydrogen) atoms. The molecule has 0 saturated carbocycles. The summed E-state index contributed by atoms with van der Waals surface area (Å²) >= 11 is 0. The van der Waals surface area contributed by atoms with Gasteiger partial charge in [-0.15, -0.1) is 0 Å². The maximum Gasteiger partial charge on any atom is 0.272 e. The van der Waals surface area contributed by atoms with E-state index in [1.54, 1.807) is 13.8 Å². The van der Waals surface area contributed by atoms with Crippen molar-refractivity contribution in [3.8, 4) is 17.3 Å². The van der Waals surface area contributed by atoms with Crippen LogP contribution in [0.5, 0.6) is 11.6 Å². The number of hydrogen-bond donors (Lipinski definition) is 2. The molecule has 12 heteroatoms. The molecule has 0 fully saturated rings. The van der Waals surface area contributed by atoms with Crippen LogP contribution in [0.3, 0.4) is 0 Å². The first-order valence-electron chi connectivity index (χ1n) is 11.9. The minimum atomic E-state index is -4.14. The second kappa shape index (κ2) is 11.5. The summed E-state index contributed by atoms with van der Waals surface area (Å²) in [6.45, 7) is 9.77. The predicted octanol–water partition coefficient (Wildman–Crippen LogP) is 4.33. The van der Waals surface area contributed by atoms with Gasteiger partial charge in [-0.1, -0.05) is 26.0 Å². The zero-order chi connectivity index (χ0) is 27.3. The van der Waals surface area contributed by atoms with Crippen molar-refractivity contribution in [3.63, 3.8) is 0 Å². The average Bonchev–Trinajstić information content (AvgIpc) is 3.18. The van der Waals surface area contributed by atoms with Crippen molar-refractivity contribution >= 4 is 21.6 Å². The molecule has 2 aromatic carbocycles. The highest BCUT2D eigenvalue weighted by Crippen LogP contribution is 2.36. The number of amides is 1. The van der Waals surface area contributed by atoms with Crippen LogP contribution in [-0.2, 0) is 10.0 Å². The number of carbonyl (C=O) groups excluding carboxylic acids is 1. The standard InChI is InChI=1S/C25H31N5O6S/c1-6-12-26-24(31)23-18(5)25(29(28-23)20-14-16(3)8-9-17(20)4)36-21-11-10-19(30(32)33)15-22(21)37(34,35)27-13-7-2/h8-11,14-15,27H,6-7,12-13H2,1-5H3,(H,26,31). The van der Waals surface area contributed by atoms with E-state index in [1.807, 2.05) is 39.0 Å². The third-order valence-electron chi connectivity index (χ3n) is 5.59. The van der Waals surface area contributed by atoms with Crippen LogP contribution in [0, 0.1) is 30.9 Å². The van der Waals surface area contributed by atoms with E-state index in [2.05, 4.69) is 15.1 Å². The molecule has 0 aliphatic heterocycles. The molecular weight excluding hydrogens is 498 g/mol. The highest BCUT2D eigenvalue weighted by Gasteiger charge is 2.28. The third-order valence-corrected chi connectivity index (χ3v) is 7.07. The van der Waals surface area contributed by atoms with Gasteiger partial charge in [-0.05, 0) is 56.9 Å². The number of benzene rings is 2. The SMILES string of the molecule is CCCNC(=O)c1nn(-c2cc(C)ccc2C)c(Oc2ccc([N+](=O)[O-])cc2S(=O)(=O)NCCC)c1C. The van der Waals surface area contributed by atoms with E-state index < -0.39 is 26.5 Å². The maximum atomic E-state index is 13.0. The first-order valence-corrected chi connectivity index (χ1v) is 13.4. The molecule has 3 rings (SSSR count). The molecule has 1 heterocycles. The van der Waals surface area contributed by atoms with Gasteiger partial charge >= 0.3 is 0 Å². The molecule has 0 aliphatic rings. The van der Waals surface area contributed by atoms with Gasteiger partial charge in [0.25, 0.3) is 11.6 Å². The Balaban J connectivity index is 2.23. The molecule has 1 amide bonds. The van der Waals surface area contributed by atoms with Crippen molar-refractivity contribution in [2.45, 2.75) is 52.4 Å². The van der Waals surface area contributed by atoms with E-state index >= 15 is 0 Å². The fourth-order valence-electron chi connectivity index (χ4n) is 3.57. The molecule has 198 valence electrons. The number of nitro groups is 1. The molecule has 0 aliphatic carbocycles. The zero-order valence-corrected chi connectivity index (χ0v) is 22.3. The number of nitro benzene ring substituents is 1. The van der Waals surface area contributed by atoms with Crippen molar-refractivity contribution in [3.05, 3.63) is 68.9 Å². The molecule has 0 atom stereocenters. The second-order valence-corrected chi connectivity index (χ2v) is 10.4. The van der Waals surface area contributed by atoms with Crippen LogP contribution in [0.1, 0.15) is 53.9 Å². The van der Waals surface area contributed by atoms with E-state index in [9.17, 15) is 23.3 Å². The van der Waals surface area contributed by atoms with Crippen LogP contribution in [0.25, 0.3) is 5.69 Å². The van der Waals surface area contributed by atoms with Gasteiger partial charge in [0.2, 0.25) is 15.9 Å². The zero-order valence-electron chi connectivity index (χ0n) is 21.5. The normalized spacial score (nSPS) is 11.4. The van der Waals surface area contributed by atoms with Crippen molar-refractivity contribution < 1.29 is 22.9 Å². The summed E-state index contributed by atoms with van der Waals surface area (Å²) in [4.78, 5) is 23.2. The summed E-state index contributed by atoms with van der Waals surface area (Å²) in [6.07, 6.45) is 1.26. The molecule has 0 radical (unpaired) electrons. The summed E-state index contributed by atoms with van der Waals surface area (Å²) in [5, 5.41) is 18.7. The van der Waals surface area contributed by atoms with E-state index in [-0.39, 0.29) is 28.8 Å². The predicted molar refractivity (Wildman–Crippen MR) is 139 cm³/mol. The molecule has 0 unspecified atom stereocenters. The molecular formula is C25H31N5O6S. The van der Waals surface area contributed by atoms with Gasteiger partial charge in [0, 0.05) is 30.8 Å².